The lowest BCUT2D eigenvalue weighted by atomic mass is 10.1. The Hall–Kier alpha value is -2.52. The van der Waals surface area contributed by atoms with Gasteiger partial charge < -0.3 is 23.7 Å². The van der Waals surface area contributed by atoms with Gasteiger partial charge in [-0.15, -0.1) is 0 Å². The summed E-state index contributed by atoms with van der Waals surface area (Å²) in [6.45, 7) is 12.7. The molecule has 0 aliphatic carbocycles. The van der Waals surface area contributed by atoms with Crippen LogP contribution in [-0.4, -0.2) is 79.2 Å². The van der Waals surface area contributed by atoms with Crippen LogP contribution in [0, 0.1) is 0 Å². The van der Waals surface area contributed by atoms with Crippen LogP contribution in [0.15, 0.2) is 29.7 Å². The van der Waals surface area contributed by atoms with Crippen molar-refractivity contribution in [3.05, 3.63) is 35.4 Å². The monoisotopic (exact) mass is 561 g/mol. The molecule has 2 rings (SSSR count). The van der Waals surface area contributed by atoms with Crippen LogP contribution in [0.1, 0.15) is 44.8 Å². The molecule has 2 heterocycles. The van der Waals surface area contributed by atoms with E-state index in [0.717, 1.165) is 18.7 Å². The van der Waals surface area contributed by atoms with Gasteiger partial charge in [0.15, 0.2) is 20.7 Å². The lowest BCUT2D eigenvalue weighted by molar-refractivity contribution is -0.251. The summed E-state index contributed by atoms with van der Waals surface area (Å²) in [5, 5.41) is 12.7. The van der Waals surface area contributed by atoms with Crippen molar-refractivity contribution >= 4 is 26.1 Å². The zero-order valence-electron chi connectivity index (χ0n) is 22.4. The Morgan fingerprint density at radius 3 is 2.61 bits per heavy atom. The van der Waals surface area contributed by atoms with Crippen LogP contribution in [0.4, 0.5) is 19.4 Å². The van der Waals surface area contributed by atoms with Crippen molar-refractivity contribution in [1.29, 1.82) is 0 Å². The molecule has 214 valence electrons. The molecule has 0 saturated carbocycles. The van der Waals surface area contributed by atoms with Crippen LogP contribution in [-0.2, 0) is 18.6 Å². The number of aromatic nitrogens is 2. The Kier molecular flexibility index (Phi) is 10.9. The summed E-state index contributed by atoms with van der Waals surface area (Å²) in [4.78, 5) is 40.4. The number of aliphatic hydroxyl groups excluding tert-OH is 1. The summed E-state index contributed by atoms with van der Waals surface area (Å²) in [5.41, 5.74) is -1.38. The molecule has 0 bridgehead atoms. The van der Waals surface area contributed by atoms with E-state index in [0.29, 0.717) is 12.8 Å². The molecule has 1 amide bonds. The van der Waals surface area contributed by atoms with Crippen LogP contribution in [0.5, 0.6) is 0 Å². The number of hydrogen-bond acceptors (Lipinski definition) is 9. The minimum absolute atomic E-state index is 0.0831. The Morgan fingerprint density at radius 1 is 1.37 bits per heavy atom. The zero-order valence-corrected chi connectivity index (χ0v) is 23.4. The topological polar surface area (TPSA) is 138 Å². The van der Waals surface area contributed by atoms with Crippen molar-refractivity contribution in [2.45, 2.75) is 82.6 Å². The average Bonchev–Trinajstić information content (AvgIpc) is 2.84. The molecule has 14 heteroatoms. The number of ether oxygens (including phenoxy) is 3. The minimum atomic E-state index is -4.37. The van der Waals surface area contributed by atoms with Gasteiger partial charge in [-0.25, -0.2) is 14.2 Å². The first-order chi connectivity index (χ1) is 17.6. The van der Waals surface area contributed by atoms with Gasteiger partial charge in [0.25, 0.3) is 0 Å². The molecule has 0 aromatic carbocycles. The molecule has 1 unspecified atom stereocenters. The maximum Gasteiger partial charge on any atom is 0.413 e. The van der Waals surface area contributed by atoms with Crippen molar-refractivity contribution in [3.8, 4) is 0 Å². The summed E-state index contributed by atoms with van der Waals surface area (Å²) in [5.74, 6) is -6.66. The van der Waals surface area contributed by atoms with Gasteiger partial charge in [0.05, 0.1) is 6.61 Å². The van der Waals surface area contributed by atoms with Gasteiger partial charge in [0.1, 0.15) is 18.5 Å². The molecule has 1 aromatic heterocycles. The van der Waals surface area contributed by atoms with Gasteiger partial charge in [0, 0.05) is 12.8 Å². The number of hydrogen-bond donors (Lipinski definition) is 2. The minimum Gasteiger partial charge on any atom is -0.445 e. The SMILES string of the molecule is C=CCOC(=O)Nc1ccn(C(=O)C(F)(F)[C@H](OC2CCCCO2)[C@H](O)CO[Si](C)(C)C(C)(C)C)c(=O)n1. The average molecular weight is 562 g/mol. The maximum atomic E-state index is 15.6. The Balaban J connectivity index is 2.29. The fourth-order valence-electron chi connectivity index (χ4n) is 3.18. The molecule has 1 saturated heterocycles. The van der Waals surface area contributed by atoms with Gasteiger partial charge in [0.2, 0.25) is 0 Å². The third-order valence-electron chi connectivity index (χ3n) is 6.43. The lowest BCUT2D eigenvalue weighted by Crippen LogP contribution is -2.56. The highest BCUT2D eigenvalue weighted by Crippen LogP contribution is 2.37. The van der Waals surface area contributed by atoms with E-state index < -0.39 is 57.0 Å². The highest BCUT2D eigenvalue weighted by atomic mass is 28.4. The molecule has 1 aromatic rings. The molecule has 11 nitrogen and oxygen atoms in total. The standard InChI is InChI=1S/C24H37F2N3O8Si/c1-7-13-35-22(33)28-17-11-12-29(21(32)27-17)20(31)24(25,26)19(37-18-10-8-9-14-34-18)16(30)15-36-38(5,6)23(2,3)4/h7,11-12,16,18-19,30H,1,8-10,13-15H2,2-6H3,(H,27,28,32,33)/t16-,18?,19-/m1/s1. The first kappa shape index (κ1) is 31.7. The molecule has 1 aliphatic rings. The van der Waals surface area contributed by atoms with Crippen molar-refractivity contribution < 1.29 is 42.1 Å². The third-order valence-corrected chi connectivity index (χ3v) is 10.9. The van der Waals surface area contributed by atoms with E-state index in [2.05, 4.69) is 16.9 Å². The van der Waals surface area contributed by atoms with Crippen molar-refractivity contribution in [2.75, 3.05) is 25.1 Å². The largest absolute Gasteiger partial charge is 0.445 e. The lowest BCUT2D eigenvalue weighted by Gasteiger charge is -2.39. The number of carbonyl (C=O) groups excluding carboxylic acids is 2. The van der Waals surface area contributed by atoms with E-state index in [-0.39, 0.29) is 28.6 Å². The molecule has 38 heavy (non-hydrogen) atoms. The van der Waals surface area contributed by atoms with Crippen LogP contribution >= 0.6 is 0 Å². The zero-order chi connectivity index (χ0) is 28.7. The molecular formula is C24H37F2N3O8Si. The van der Waals surface area contributed by atoms with Crippen LogP contribution < -0.4 is 11.0 Å². The summed E-state index contributed by atoms with van der Waals surface area (Å²) >= 11 is 0. The highest BCUT2D eigenvalue weighted by molar-refractivity contribution is 6.74. The van der Waals surface area contributed by atoms with Gasteiger partial charge in [-0.05, 0) is 43.5 Å². The van der Waals surface area contributed by atoms with E-state index in [1.165, 1.54) is 6.08 Å². The van der Waals surface area contributed by atoms with Gasteiger partial charge in [-0.1, -0.05) is 33.4 Å². The van der Waals surface area contributed by atoms with Gasteiger partial charge in [-0.3, -0.25) is 10.1 Å². The summed E-state index contributed by atoms with van der Waals surface area (Å²) < 4.78 is 52.8. The van der Waals surface area contributed by atoms with Gasteiger partial charge in [-0.2, -0.15) is 13.8 Å². The third kappa shape index (κ3) is 8.24. The second-order valence-electron chi connectivity index (χ2n) is 10.4. The second-order valence-corrected chi connectivity index (χ2v) is 15.2. The number of rotatable bonds is 11. The Labute approximate surface area is 221 Å². The summed E-state index contributed by atoms with van der Waals surface area (Å²) in [6, 6.07) is 0.974. The molecule has 3 atom stereocenters. The fraction of sp³-hybridized carbons (Fsp3) is 0.667. The number of aliphatic hydroxyl groups is 1. The van der Waals surface area contributed by atoms with E-state index in [1.807, 2.05) is 33.9 Å². The molecule has 1 aliphatic heterocycles. The highest BCUT2D eigenvalue weighted by Gasteiger charge is 2.54. The van der Waals surface area contributed by atoms with Crippen LogP contribution in [0.2, 0.25) is 18.1 Å². The molecular weight excluding hydrogens is 524 g/mol. The van der Waals surface area contributed by atoms with E-state index in [1.54, 1.807) is 0 Å². The maximum absolute atomic E-state index is 15.6. The number of nitrogens with zero attached hydrogens (tertiary/aromatic N) is 2. The molecule has 1 fully saturated rings. The number of amides is 1. The second kappa shape index (κ2) is 13.0. The predicted octanol–water partition coefficient (Wildman–Crippen LogP) is 3.55. The number of alkyl halides is 2. The molecule has 2 N–H and O–H groups in total. The summed E-state index contributed by atoms with van der Waals surface area (Å²) in [7, 11) is -2.45. The molecule has 0 spiro atoms. The van der Waals surface area contributed by atoms with Crippen LogP contribution in [0.3, 0.4) is 0 Å². The van der Waals surface area contributed by atoms with E-state index in [4.69, 9.17) is 18.6 Å². The first-order valence-electron chi connectivity index (χ1n) is 12.3. The number of carbonyl (C=O) groups is 2. The normalized spacial score (nSPS) is 18.4. The predicted molar refractivity (Wildman–Crippen MR) is 137 cm³/mol. The summed E-state index contributed by atoms with van der Waals surface area (Å²) in [6.07, 6.45) is -2.61. The number of anilines is 1. The molecule has 0 radical (unpaired) electrons. The number of halogens is 2. The number of nitrogens with one attached hydrogen (secondary N) is 1. The van der Waals surface area contributed by atoms with Crippen molar-refractivity contribution in [2.24, 2.45) is 0 Å². The fourth-order valence-corrected chi connectivity index (χ4v) is 4.20. The Bertz CT molecular complexity index is 1040. The van der Waals surface area contributed by atoms with E-state index in [9.17, 15) is 19.5 Å². The van der Waals surface area contributed by atoms with Crippen molar-refractivity contribution in [1.82, 2.24) is 9.55 Å². The Morgan fingerprint density at radius 2 is 2.05 bits per heavy atom. The first-order valence-corrected chi connectivity index (χ1v) is 15.2. The van der Waals surface area contributed by atoms with Crippen molar-refractivity contribution in [3.63, 3.8) is 0 Å². The van der Waals surface area contributed by atoms with E-state index >= 15 is 8.78 Å². The van der Waals surface area contributed by atoms with Crippen LogP contribution in [0.25, 0.3) is 0 Å². The smallest absolute Gasteiger partial charge is 0.413 e. The quantitative estimate of drug-likeness (QED) is 0.307. The van der Waals surface area contributed by atoms with Gasteiger partial charge >= 0.3 is 23.6 Å².